The van der Waals surface area contributed by atoms with Gasteiger partial charge in [-0.1, -0.05) is 30.3 Å². The van der Waals surface area contributed by atoms with Crippen molar-refractivity contribution in [1.82, 2.24) is 4.98 Å². The molecule has 0 radical (unpaired) electrons. The second-order valence-electron chi connectivity index (χ2n) is 3.48. The molecule has 6 heteroatoms. The van der Waals surface area contributed by atoms with Crippen molar-refractivity contribution in [1.29, 1.82) is 0 Å². The molecule has 1 aromatic heterocycles. The maximum Gasteiger partial charge on any atom is 0.355 e. The molecule has 0 aliphatic rings. The number of carboxylic acids is 1. The van der Waals surface area contributed by atoms with Gasteiger partial charge < -0.3 is 5.11 Å². The third-order valence-corrected chi connectivity index (χ3v) is 2.39. The first-order valence-electron chi connectivity index (χ1n) is 5.03. The van der Waals surface area contributed by atoms with Gasteiger partial charge in [-0.05, 0) is 5.56 Å². The summed E-state index contributed by atoms with van der Waals surface area (Å²) in [6.07, 6.45) is 1.12. The second-order valence-corrected chi connectivity index (χ2v) is 3.48. The van der Waals surface area contributed by atoms with Crippen molar-refractivity contribution in [3.8, 4) is 11.1 Å². The van der Waals surface area contributed by atoms with Crippen molar-refractivity contribution in [2.45, 2.75) is 0 Å². The van der Waals surface area contributed by atoms with Gasteiger partial charge in [0, 0.05) is 12.3 Å². The number of hydrogen-bond acceptors (Lipinski definition) is 4. The van der Waals surface area contributed by atoms with E-state index in [0.29, 0.717) is 5.56 Å². The summed E-state index contributed by atoms with van der Waals surface area (Å²) in [5, 5.41) is 20.0. The van der Waals surface area contributed by atoms with Crippen molar-refractivity contribution >= 4 is 11.7 Å². The monoisotopic (exact) mass is 244 g/mol. The molecule has 0 unspecified atom stereocenters. The molecule has 2 aromatic rings. The van der Waals surface area contributed by atoms with Gasteiger partial charge in [-0.3, -0.25) is 10.1 Å². The number of nitro groups is 1. The Kier molecular flexibility index (Phi) is 3.01. The van der Waals surface area contributed by atoms with Crippen molar-refractivity contribution < 1.29 is 14.8 Å². The van der Waals surface area contributed by atoms with Gasteiger partial charge >= 0.3 is 5.97 Å². The van der Waals surface area contributed by atoms with Crippen molar-refractivity contribution in [2.75, 3.05) is 0 Å². The highest BCUT2D eigenvalue weighted by atomic mass is 16.6. The minimum absolute atomic E-state index is 0.0237. The molecule has 1 aromatic carbocycles. The zero-order valence-electron chi connectivity index (χ0n) is 9.11. The lowest BCUT2D eigenvalue weighted by Gasteiger charge is -2.05. The van der Waals surface area contributed by atoms with E-state index in [1.807, 2.05) is 0 Å². The number of carboxylic acid groups (broad SMARTS) is 1. The van der Waals surface area contributed by atoms with E-state index in [1.165, 1.54) is 6.07 Å². The van der Waals surface area contributed by atoms with Crippen LogP contribution in [-0.2, 0) is 0 Å². The molecule has 90 valence electrons. The molecule has 0 fully saturated rings. The molecule has 1 heterocycles. The van der Waals surface area contributed by atoms with Gasteiger partial charge in [0.25, 0.3) is 5.69 Å². The van der Waals surface area contributed by atoms with E-state index in [2.05, 4.69) is 4.98 Å². The molecule has 2 rings (SSSR count). The lowest BCUT2D eigenvalue weighted by Crippen LogP contribution is -2.05. The predicted octanol–water partition coefficient (Wildman–Crippen LogP) is 2.36. The first-order valence-corrected chi connectivity index (χ1v) is 5.03. The van der Waals surface area contributed by atoms with Crippen LogP contribution in [0.3, 0.4) is 0 Å². The predicted molar refractivity (Wildman–Crippen MR) is 63.3 cm³/mol. The van der Waals surface area contributed by atoms with Crippen LogP contribution in [0.4, 0.5) is 5.69 Å². The Balaban J connectivity index is 2.77. The van der Waals surface area contributed by atoms with Gasteiger partial charge in [-0.15, -0.1) is 0 Å². The maximum absolute atomic E-state index is 11.1. The molecule has 6 nitrogen and oxygen atoms in total. The van der Waals surface area contributed by atoms with Gasteiger partial charge in [0.1, 0.15) is 0 Å². The minimum Gasteiger partial charge on any atom is -0.476 e. The van der Waals surface area contributed by atoms with Gasteiger partial charge in [0.2, 0.25) is 0 Å². The SMILES string of the molecule is O=C(O)c1nccc([N+](=O)[O-])c1-c1ccccc1. The summed E-state index contributed by atoms with van der Waals surface area (Å²) in [5.41, 5.74) is -0.116. The molecule has 18 heavy (non-hydrogen) atoms. The Hall–Kier alpha value is -2.76. The van der Waals surface area contributed by atoms with Crippen molar-refractivity contribution in [3.63, 3.8) is 0 Å². The average Bonchev–Trinajstić information content (AvgIpc) is 2.38. The molecule has 0 aliphatic heterocycles. The molecule has 0 saturated carbocycles. The summed E-state index contributed by atoms with van der Waals surface area (Å²) >= 11 is 0. The summed E-state index contributed by atoms with van der Waals surface area (Å²) in [6, 6.07) is 9.50. The van der Waals surface area contributed by atoms with Crippen LogP contribution in [0, 0.1) is 10.1 Å². The highest BCUT2D eigenvalue weighted by Gasteiger charge is 2.23. The van der Waals surface area contributed by atoms with E-state index in [0.717, 1.165) is 6.20 Å². The number of carbonyl (C=O) groups is 1. The largest absolute Gasteiger partial charge is 0.476 e. The molecule has 0 bridgehead atoms. The van der Waals surface area contributed by atoms with E-state index in [4.69, 9.17) is 5.11 Å². The molecule has 0 atom stereocenters. The van der Waals surface area contributed by atoms with E-state index in [-0.39, 0.29) is 16.9 Å². The summed E-state index contributed by atoms with van der Waals surface area (Å²) in [7, 11) is 0. The van der Waals surface area contributed by atoms with E-state index in [9.17, 15) is 14.9 Å². The van der Waals surface area contributed by atoms with E-state index >= 15 is 0 Å². The van der Waals surface area contributed by atoms with E-state index in [1.54, 1.807) is 30.3 Å². The highest BCUT2D eigenvalue weighted by molar-refractivity contribution is 5.96. The zero-order valence-corrected chi connectivity index (χ0v) is 9.11. The summed E-state index contributed by atoms with van der Waals surface area (Å²) < 4.78 is 0. The van der Waals surface area contributed by atoms with Crippen LogP contribution < -0.4 is 0 Å². The summed E-state index contributed by atoms with van der Waals surface area (Å²) in [5.74, 6) is -1.29. The van der Waals surface area contributed by atoms with Crippen LogP contribution in [0.5, 0.6) is 0 Å². The number of pyridine rings is 1. The van der Waals surface area contributed by atoms with Crippen LogP contribution in [0.25, 0.3) is 11.1 Å². The van der Waals surface area contributed by atoms with Crippen molar-refractivity contribution in [2.24, 2.45) is 0 Å². The number of rotatable bonds is 3. The third-order valence-electron chi connectivity index (χ3n) is 2.39. The molecular formula is C12H8N2O4. The number of aromatic nitrogens is 1. The van der Waals surface area contributed by atoms with Crippen LogP contribution in [0.1, 0.15) is 10.5 Å². The summed E-state index contributed by atoms with van der Waals surface area (Å²) in [6.45, 7) is 0. The minimum atomic E-state index is -1.29. The van der Waals surface area contributed by atoms with Crippen LogP contribution in [-0.4, -0.2) is 21.0 Å². The van der Waals surface area contributed by atoms with Crippen LogP contribution >= 0.6 is 0 Å². The summed E-state index contributed by atoms with van der Waals surface area (Å²) in [4.78, 5) is 25.1. The second kappa shape index (κ2) is 4.62. The Bertz CT molecular complexity index is 578. The number of nitrogens with zero attached hydrogens (tertiary/aromatic N) is 2. The quantitative estimate of drug-likeness (QED) is 0.660. The molecule has 1 N–H and O–H groups in total. The van der Waals surface area contributed by atoms with Crippen molar-refractivity contribution in [3.05, 3.63) is 58.4 Å². The molecule has 0 aliphatic carbocycles. The molecule has 0 spiro atoms. The smallest absolute Gasteiger partial charge is 0.355 e. The van der Waals surface area contributed by atoms with E-state index < -0.39 is 10.9 Å². The number of aromatic carboxylic acids is 1. The lowest BCUT2D eigenvalue weighted by atomic mass is 10.0. The Morgan fingerprint density at radius 3 is 2.44 bits per heavy atom. The average molecular weight is 244 g/mol. The van der Waals surface area contributed by atoms with Crippen LogP contribution in [0.2, 0.25) is 0 Å². The molecule has 0 saturated heterocycles. The van der Waals surface area contributed by atoms with Gasteiger partial charge in [-0.25, -0.2) is 9.78 Å². The fraction of sp³-hybridized carbons (Fsp3) is 0. The Labute approximate surface area is 102 Å². The Morgan fingerprint density at radius 1 is 1.22 bits per heavy atom. The first-order chi connectivity index (χ1) is 8.61. The molecule has 0 amide bonds. The topological polar surface area (TPSA) is 93.3 Å². The maximum atomic E-state index is 11.1. The first kappa shape index (κ1) is 11.7. The van der Waals surface area contributed by atoms with Gasteiger partial charge in [0.15, 0.2) is 5.69 Å². The number of benzene rings is 1. The standard InChI is InChI=1S/C12H8N2O4/c15-12(16)11-10(8-4-2-1-3-5-8)9(14(17)18)6-7-13-11/h1-7H,(H,15,16). The fourth-order valence-corrected chi connectivity index (χ4v) is 1.66. The lowest BCUT2D eigenvalue weighted by molar-refractivity contribution is -0.384. The normalized spacial score (nSPS) is 10.0. The van der Waals surface area contributed by atoms with Crippen LogP contribution in [0.15, 0.2) is 42.6 Å². The van der Waals surface area contributed by atoms with Gasteiger partial charge in [0.05, 0.1) is 10.5 Å². The number of hydrogen-bond donors (Lipinski definition) is 1. The fourth-order valence-electron chi connectivity index (χ4n) is 1.66. The molecular weight excluding hydrogens is 236 g/mol. The zero-order chi connectivity index (χ0) is 13.1. The van der Waals surface area contributed by atoms with Gasteiger partial charge in [-0.2, -0.15) is 0 Å². The third kappa shape index (κ3) is 2.03. The highest BCUT2D eigenvalue weighted by Crippen LogP contribution is 2.31. The Morgan fingerprint density at radius 2 is 1.89 bits per heavy atom.